The molecule has 2 aliphatic carbocycles. The molecule has 2 rings (SSSR count). The standard InChI is InChI=1S/C17H25Si.Zr/c1-11-10-17(5,14(4)12(11)2)15-8-9-16(13(15)3)18(6)7;/h10,18H,9H2,1-7H3;/q-1;. The van der Waals surface area contributed by atoms with E-state index in [9.17, 15) is 0 Å². The maximum Gasteiger partial charge on any atom is 0.0392 e. The average Bonchev–Trinajstić information content (AvgIpc) is 2.76. The van der Waals surface area contributed by atoms with Crippen LogP contribution in [0.15, 0.2) is 39.1 Å². The molecule has 1 unspecified atom stereocenters. The summed E-state index contributed by atoms with van der Waals surface area (Å²) in [5.74, 6) is 0. The first kappa shape index (κ1) is 17.1. The van der Waals surface area contributed by atoms with E-state index in [4.69, 9.17) is 0 Å². The van der Waals surface area contributed by atoms with E-state index < -0.39 is 8.80 Å². The fraction of sp³-hybridized carbons (Fsp3) is 0.529. The van der Waals surface area contributed by atoms with E-state index in [-0.39, 0.29) is 31.6 Å². The molecule has 0 fully saturated rings. The molecular weight excluding hydrogens is 323 g/mol. The van der Waals surface area contributed by atoms with Gasteiger partial charge in [-0.25, -0.2) is 11.1 Å². The molecule has 0 heterocycles. The average molecular weight is 349 g/mol. The maximum absolute atomic E-state index is 3.69. The van der Waals surface area contributed by atoms with Gasteiger partial charge in [-0.2, -0.15) is 5.20 Å². The summed E-state index contributed by atoms with van der Waals surface area (Å²) in [4.78, 5) is 0. The zero-order valence-corrected chi connectivity index (χ0v) is 17.0. The van der Waals surface area contributed by atoms with Gasteiger partial charge in [0, 0.05) is 35.0 Å². The van der Waals surface area contributed by atoms with E-state index in [0.29, 0.717) is 0 Å². The Kier molecular flexibility index (Phi) is 5.24. The fourth-order valence-corrected chi connectivity index (χ4v) is 4.93. The molecular formula is C17H25SiZr-. The van der Waals surface area contributed by atoms with Crippen molar-refractivity contribution in [3.8, 4) is 0 Å². The van der Waals surface area contributed by atoms with E-state index in [1.165, 1.54) is 27.9 Å². The summed E-state index contributed by atoms with van der Waals surface area (Å²) in [7, 11) is -0.685. The summed E-state index contributed by atoms with van der Waals surface area (Å²) in [6.45, 7) is 16.3. The predicted octanol–water partition coefficient (Wildman–Crippen LogP) is 4.76. The molecule has 0 saturated carbocycles. The molecule has 2 heteroatoms. The van der Waals surface area contributed by atoms with Gasteiger partial charge >= 0.3 is 0 Å². The third-order valence-corrected chi connectivity index (χ3v) is 7.00. The molecule has 0 aromatic carbocycles. The minimum atomic E-state index is -0.685. The van der Waals surface area contributed by atoms with Gasteiger partial charge in [-0.1, -0.05) is 37.2 Å². The molecule has 0 amide bonds. The van der Waals surface area contributed by atoms with Crippen molar-refractivity contribution < 1.29 is 26.2 Å². The van der Waals surface area contributed by atoms with Crippen molar-refractivity contribution in [3.63, 3.8) is 0 Å². The maximum atomic E-state index is 3.69. The second-order valence-corrected chi connectivity index (χ2v) is 9.32. The van der Waals surface area contributed by atoms with Crippen LogP contribution in [0.3, 0.4) is 0 Å². The van der Waals surface area contributed by atoms with E-state index in [0.717, 1.165) is 6.42 Å². The second kappa shape index (κ2) is 5.82. The molecule has 0 nitrogen and oxygen atoms in total. The van der Waals surface area contributed by atoms with Crippen molar-refractivity contribution in [1.82, 2.24) is 0 Å². The Morgan fingerprint density at radius 1 is 1.11 bits per heavy atom. The predicted molar refractivity (Wildman–Crippen MR) is 83.2 cm³/mol. The van der Waals surface area contributed by atoms with E-state index >= 15 is 0 Å². The molecule has 0 radical (unpaired) electrons. The zero-order chi connectivity index (χ0) is 13.7. The van der Waals surface area contributed by atoms with Gasteiger partial charge in [-0.05, 0) is 31.8 Å². The summed E-state index contributed by atoms with van der Waals surface area (Å²) >= 11 is 0. The van der Waals surface area contributed by atoms with Crippen LogP contribution in [0.5, 0.6) is 0 Å². The smallest absolute Gasteiger partial charge is 0.0392 e. The van der Waals surface area contributed by atoms with Crippen molar-refractivity contribution in [3.05, 3.63) is 45.2 Å². The van der Waals surface area contributed by atoms with Crippen LogP contribution in [-0.2, 0) is 26.2 Å². The summed E-state index contributed by atoms with van der Waals surface area (Å²) in [6.07, 6.45) is 7.21. The Morgan fingerprint density at radius 3 is 2.05 bits per heavy atom. The van der Waals surface area contributed by atoms with Gasteiger partial charge in [-0.3, -0.25) is 6.08 Å². The summed E-state index contributed by atoms with van der Waals surface area (Å²) < 4.78 is 0. The van der Waals surface area contributed by atoms with Crippen LogP contribution >= 0.6 is 0 Å². The zero-order valence-electron chi connectivity index (χ0n) is 13.4. The molecule has 0 aromatic rings. The summed E-state index contributed by atoms with van der Waals surface area (Å²) in [5, 5.41) is 1.70. The van der Waals surface area contributed by atoms with Crippen LogP contribution in [-0.4, -0.2) is 8.80 Å². The first-order valence-electron chi connectivity index (χ1n) is 6.98. The van der Waals surface area contributed by atoms with E-state index in [1.54, 1.807) is 5.20 Å². The van der Waals surface area contributed by atoms with Crippen molar-refractivity contribution in [2.24, 2.45) is 5.41 Å². The fourth-order valence-electron chi connectivity index (χ4n) is 3.41. The molecule has 0 saturated heterocycles. The van der Waals surface area contributed by atoms with Gasteiger partial charge in [0.05, 0.1) is 0 Å². The monoisotopic (exact) mass is 347 g/mol. The SMILES string of the molecule is CC1=CC(C)(C2=[C-]CC([SiH](C)C)=C2C)C(C)=C1C.[Zr]. The van der Waals surface area contributed by atoms with Crippen molar-refractivity contribution >= 4 is 8.80 Å². The number of hydrogen-bond acceptors (Lipinski definition) is 0. The summed E-state index contributed by atoms with van der Waals surface area (Å²) in [5.41, 5.74) is 7.50. The Hall–Kier alpha value is 0.0600. The topological polar surface area (TPSA) is 0 Å². The van der Waals surface area contributed by atoms with Crippen LogP contribution in [0.25, 0.3) is 0 Å². The van der Waals surface area contributed by atoms with Gasteiger partial charge in [0.2, 0.25) is 0 Å². The molecule has 0 spiro atoms. The van der Waals surface area contributed by atoms with Gasteiger partial charge in [-0.15, -0.1) is 13.3 Å². The largest absolute Gasteiger partial charge is 0.268 e. The van der Waals surface area contributed by atoms with Crippen molar-refractivity contribution in [2.45, 2.75) is 54.1 Å². The molecule has 2 aliphatic rings. The molecule has 102 valence electrons. The Labute approximate surface area is 139 Å². The van der Waals surface area contributed by atoms with Gasteiger partial charge in [0.25, 0.3) is 0 Å². The van der Waals surface area contributed by atoms with Gasteiger partial charge < -0.3 is 0 Å². The third kappa shape index (κ3) is 2.63. The van der Waals surface area contributed by atoms with Crippen LogP contribution < -0.4 is 0 Å². The molecule has 1 atom stereocenters. The first-order valence-corrected chi connectivity index (χ1v) is 9.86. The normalized spacial score (nSPS) is 26.9. The quantitative estimate of drug-likeness (QED) is 0.498. The van der Waals surface area contributed by atoms with Gasteiger partial charge in [0.15, 0.2) is 0 Å². The Morgan fingerprint density at radius 2 is 1.68 bits per heavy atom. The molecule has 0 N–H and O–H groups in total. The van der Waals surface area contributed by atoms with Crippen LogP contribution in [0.2, 0.25) is 13.1 Å². The Balaban J connectivity index is 0.00000180. The van der Waals surface area contributed by atoms with Gasteiger partial charge in [0.1, 0.15) is 0 Å². The van der Waals surface area contributed by atoms with E-state index in [1.807, 2.05) is 0 Å². The molecule has 0 bridgehead atoms. The van der Waals surface area contributed by atoms with Crippen LogP contribution in [0.1, 0.15) is 41.0 Å². The minimum Gasteiger partial charge on any atom is -0.268 e. The number of hydrogen-bond donors (Lipinski definition) is 0. The van der Waals surface area contributed by atoms with Crippen molar-refractivity contribution in [2.75, 3.05) is 0 Å². The molecule has 0 aromatic heterocycles. The molecule has 19 heavy (non-hydrogen) atoms. The minimum absolute atomic E-state index is 0. The van der Waals surface area contributed by atoms with Crippen LogP contribution in [0.4, 0.5) is 0 Å². The van der Waals surface area contributed by atoms with E-state index in [2.05, 4.69) is 59.9 Å². The van der Waals surface area contributed by atoms with Crippen LogP contribution in [0, 0.1) is 11.5 Å². The molecule has 0 aliphatic heterocycles. The Bertz CT molecular complexity index is 517. The number of rotatable bonds is 2. The summed E-state index contributed by atoms with van der Waals surface area (Å²) in [6, 6.07) is 0. The first-order chi connectivity index (χ1) is 8.29. The number of allylic oxidation sites excluding steroid dienone is 8. The van der Waals surface area contributed by atoms with Crippen molar-refractivity contribution in [1.29, 1.82) is 0 Å². The second-order valence-electron chi connectivity index (χ2n) is 6.31. The third-order valence-electron chi connectivity index (χ3n) is 4.97.